The molecule has 2 N–H and O–H groups in total. The number of halogens is 1. The van der Waals surface area contributed by atoms with Gasteiger partial charge < -0.3 is 20.3 Å². The first-order valence-corrected chi connectivity index (χ1v) is 9.07. The van der Waals surface area contributed by atoms with Crippen molar-refractivity contribution in [2.24, 2.45) is 4.99 Å². The number of guanidine groups is 1. The predicted molar refractivity (Wildman–Crippen MR) is 112 cm³/mol. The number of methoxy groups -OCH3 is 1. The van der Waals surface area contributed by atoms with Crippen molar-refractivity contribution in [1.29, 1.82) is 0 Å². The van der Waals surface area contributed by atoms with Crippen LogP contribution in [0.2, 0.25) is 0 Å². The highest BCUT2D eigenvalue weighted by molar-refractivity contribution is 14.0. The van der Waals surface area contributed by atoms with Crippen LogP contribution < -0.4 is 10.6 Å². The van der Waals surface area contributed by atoms with Gasteiger partial charge in [-0.15, -0.1) is 24.0 Å². The molecule has 0 atom stereocenters. The minimum atomic E-state index is 0. The molecule has 142 valence electrons. The summed E-state index contributed by atoms with van der Waals surface area (Å²) < 4.78 is 5.10. The van der Waals surface area contributed by atoms with Gasteiger partial charge >= 0.3 is 0 Å². The van der Waals surface area contributed by atoms with Crippen LogP contribution in [0.15, 0.2) is 4.99 Å². The third-order valence-corrected chi connectivity index (χ3v) is 5.35. The molecule has 0 saturated carbocycles. The second-order valence-corrected chi connectivity index (χ2v) is 6.92. The van der Waals surface area contributed by atoms with Crippen molar-refractivity contribution in [2.45, 2.75) is 37.6 Å². The Balaban J connectivity index is 0.00000288. The van der Waals surface area contributed by atoms with Crippen LogP contribution in [0.3, 0.4) is 0 Å². The van der Waals surface area contributed by atoms with E-state index in [-0.39, 0.29) is 29.5 Å². The van der Waals surface area contributed by atoms with E-state index in [2.05, 4.69) is 32.5 Å². The van der Waals surface area contributed by atoms with Crippen LogP contribution in [0.4, 0.5) is 0 Å². The normalized spacial score (nSPS) is 22.7. The number of aliphatic imine (C=N–C) groups is 1. The number of rotatable bonds is 6. The van der Waals surface area contributed by atoms with E-state index in [1.165, 1.54) is 58.3 Å². The van der Waals surface area contributed by atoms with Crippen molar-refractivity contribution in [3.63, 3.8) is 0 Å². The maximum Gasteiger partial charge on any atom is 0.191 e. The molecule has 0 spiro atoms. The van der Waals surface area contributed by atoms with E-state index in [0.29, 0.717) is 6.61 Å². The Morgan fingerprint density at radius 2 is 1.75 bits per heavy atom. The van der Waals surface area contributed by atoms with Crippen molar-refractivity contribution >= 4 is 29.9 Å². The lowest BCUT2D eigenvalue weighted by molar-refractivity contribution is 0.0173. The molecule has 2 aliphatic rings. The highest BCUT2D eigenvalue weighted by Crippen LogP contribution is 2.30. The summed E-state index contributed by atoms with van der Waals surface area (Å²) in [6.07, 6.45) is 6.56. The van der Waals surface area contributed by atoms with Gasteiger partial charge in [-0.3, -0.25) is 9.89 Å². The van der Waals surface area contributed by atoms with Crippen molar-refractivity contribution < 1.29 is 4.74 Å². The largest absolute Gasteiger partial charge is 0.383 e. The maximum absolute atomic E-state index is 5.10. The minimum absolute atomic E-state index is 0. The van der Waals surface area contributed by atoms with E-state index >= 15 is 0 Å². The van der Waals surface area contributed by atoms with Gasteiger partial charge in [-0.25, -0.2) is 0 Å². The summed E-state index contributed by atoms with van der Waals surface area (Å²) in [7, 11) is 5.80. The molecule has 2 aliphatic heterocycles. The van der Waals surface area contributed by atoms with Crippen LogP contribution in [0.5, 0.6) is 0 Å². The quantitative estimate of drug-likeness (QED) is 0.276. The number of hydrogen-bond acceptors (Lipinski definition) is 4. The molecule has 0 radical (unpaired) electrons. The van der Waals surface area contributed by atoms with E-state index in [9.17, 15) is 0 Å². The average molecular weight is 453 g/mol. The maximum atomic E-state index is 5.10. The number of nitrogens with zero attached hydrogens (tertiary/aromatic N) is 3. The third-order valence-electron chi connectivity index (χ3n) is 5.35. The monoisotopic (exact) mass is 453 g/mol. The second-order valence-electron chi connectivity index (χ2n) is 6.92. The molecule has 0 aromatic carbocycles. The first kappa shape index (κ1) is 21.9. The Kier molecular flexibility index (Phi) is 10.5. The van der Waals surface area contributed by atoms with E-state index in [4.69, 9.17) is 4.74 Å². The number of likely N-dealkylation sites (tertiary alicyclic amines) is 2. The van der Waals surface area contributed by atoms with E-state index < -0.39 is 0 Å². The van der Waals surface area contributed by atoms with Gasteiger partial charge in [-0.1, -0.05) is 6.42 Å². The van der Waals surface area contributed by atoms with Gasteiger partial charge in [-0.05, 0) is 58.9 Å². The first-order chi connectivity index (χ1) is 11.2. The molecule has 24 heavy (non-hydrogen) atoms. The molecular formula is C17H36IN5O. The summed E-state index contributed by atoms with van der Waals surface area (Å²) in [5, 5.41) is 6.90. The molecule has 2 heterocycles. The Labute approximate surface area is 164 Å². The summed E-state index contributed by atoms with van der Waals surface area (Å²) in [5.74, 6) is 0.886. The van der Waals surface area contributed by atoms with Gasteiger partial charge in [0.25, 0.3) is 0 Å². The van der Waals surface area contributed by atoms with Crippen LogP contribution >= 0.6 is 24.0 Å². The number of piperidine rings is 2. The van der Waals surface area contributed by atoms with Crippen LogP contribution in [0, 0.1) is 0 Å². The molecule has 0 aromatic rings. The number of nitrogens with one attached hydrogen (secondary N) is 2. The van der Waals surface area contributed by atoms with Gasteiger partial charge in [0.2, 0.25) is 0 Å². The third kappa shape index (κ3) is 6.31. The molecule has 2 saturated heterocycles. The predicted octanol–water partition coefficient (Wildman–Crippen LogP) is 1.37. The van der Waals surface area contributed by atoms with Gasteiger partial charge in [0.1, 0.15) is 0 Å². The van der Waals surface area contributed by atoms with Crippen molar-refractivity contribution in [1.82, 2.24) is 20.4 Å². The van der Waals surface area contributed by atoms with Crippen molar-refractivity contribution in [2.75, 3.05) is 67.1 Å². The zero-order valence-corrected chi connectivity index (χ0v) is 18.0. The van der Waals surface area contributed by atoms with Crippen LogP contribution in [0.1, 0.15) is 32.1 Å². The summed E-state index contributed by atoms with van der Waals surface area (Å²) in [4.78, 5) is 9.55. The molecular weight excluding hydrogens is 417 g/mol. The highest BCUT2D eigenvalue weighted by atomic mass is 127. The van der Waals surface area contributed by atoms with Crippen molar-refractivity contribution in [3.8, 4) is 0 Å². The summed E-state index contributed by atoms with van der Waals surface area (Å²) in [5.41, 5.74) is 0.284. The Hall–Kier alpha value is -0.120. The van der Waals surface area contributed by atoms with E-state index in [0.717, 1.165) is 19.0 Å². The van der Waals surface area contributed by atoms with Crippen LogP contribution in [0.25, 0.3) is 0 Å². The smallest absolute Gasteiger partial charge is 0.191 e. The summed E-state index contributed by atoms with van der Waals surface area (Å²) in [6, 6.07) is 0. The molecule has 7 heteroatoms. The lowest BCUT2D eigenvalue weighted by Crippen LogP contribution is -2.62. The highest BCUT2D eigenvalue weighted by Gasteiger charge is 2.39. The lowest BCUT2D eigenvalue weighted by atomic mass is 9.84. The summed E-state index contributed by atoms with van der Waals surface area (Å²) in [6.45, 7) is 7.34. The molecule has 0 aliphatic carbocycles. The number of hydrogen-bond donors (Lipinski definition) is 2. The molecule has 6 nitrogen and oxygen atoms in total. The van der Waals surface area contributed by atoms with E-state index in [1.54, 1.807) is 7.11 Å². The summed E-state index contributed by atoms with van der Waals surface area (Å²) >= 11 is 0. The molecule has 0 aromatic heterocycles. The Morgan fingerprint density at radius 3 is 2.33 bits per heavy atom. The van der Waals surface area contributed by atoms with Gasteiger partial charge in [0, 0.05) is 32.8 Å². The fourth-order valence-corrected chi connectivity index (χ4v) is 3.75. The fraction of sp³-hybridized carbons (Fsp3) is 0.941. The van der Waals surface area contributed by atoms with Crippen molar-refractivity contribution in [3.05, 3.63) is 0 Å². The zero-order valence-electron chi connectivity index (χ0n) is 15.6. The average Bonchev–Trinajstić information content (AvgIpc) is 2.60. The van der Waals surface area contributed by atoms with Gasteiger partial charge in [0.05, 0.1) is 6.61 Å². The van der Waals surface area contributed by atoms with Crippen LogP contribution in [-0.4, -0.2) is 88.4 Å². The SMILES string of the molecule is CN=C(NCCOC)NCC1(N2CCCCC2)CCN(C)CC1.I. The Bertz CT molecular complexity index is 366. The van der Waals surface area contributed by atoms with Gasteiger partial charge in [-0.2, -0.15) is 0 Å². The molecule has 2 rings (SSSR count). The standard InChI is InChI=1S/C17H35N5O.HI/c1-18-16(19-9-14-23-3)20-15-17(7-12-21(2)13-8-17)22-10-5-4-6-11-22;/h4-15H2,1-3H3,(H2,18,19,20);1H. The van der Waals surface area contributed by atoms with Gasteiger partial charge in [0.15, 0.2) is 5.96 Å². The fourth-order valence-electron chi connectivity index (χ4n) is 3.75. The minimum Gasteiger partial charge on any atom is -0.383 e. The lowest BCUT2D eigenvalue weighted by Gasteiger charge is -2.50. The molecule has 0 unspecified atom stereocenters. The zero-order chi connectivity index (χ0) is 16.5. The molecule has 0 bridgehead atoms. The second kappa shape index (κ2) is 11.5. The van der Waals surface area contributed by atoms with Crippen LogP contribution in [-0.2, 0) is 4.74 Å². The first-order valence-electron chi connectivity index (χ1n) is 9.07. The molecule has 2 fully saturated rings. The Morgan fingerprint density at radius 1 is 1.08 bits per heavy atom. The number of ether oxygens (including phenoxy) is 1. The molecule has 0 amide bonds. The topological polar surface area (TPSA) is 52.1 Å². The van der Waals surface area contributed by atoms with E-state index in [1.807, 2.05) is 7.05 Å².